The highest BCUT2D eigenvalue weighted by atomic mass is 28.4. The van der Waals surface area contributed by atoms with Crippen molar-refractivity contribution in [3.8, 4) is 0 Å². The van der Waals surface area contributed by atoms with E-state index in [0.717, 1.165) is 23.7 Å². The van der Waals surface area contributed by atoms with Crippen LogP contribution in [-0.2, 0) is 4.43 Å². The fraction of sp³-hybridized carbons (Fsp3) is 0.833. The van der Waals surface area contributed by atoms with Crippen LogP contribution >= 0.6 is 0 Å². The van der Waals surface area contributed by atoms with Gasteiger partial charge in [0.05, 0.1) is 0 Å². The molecule has 2 heteroatoms. The first-order chi connectivity index (χ1) is 12.2. The Kier molecular flexibility index (Phi) is 4.63. The van der Waals surface area contributed by atoms with Crippen molar-refractivity contribution in [2.45, 2.75) is 91.5 Å². The highest BCUT2D eigenvalue weighted by Gasteiger charge is 2.58. The molecule has 4 aliphatic rings. The van der Waals surface area contributed by atoms with Crippen molar-refractivity contribution >= 4 is 8.32 Å². The minimum Gasteiger partial charge on any atom is -0.415 e. The Morgan fingerprint density at radius 1 is 1.08 bits per heavy atom. The van der Waals surface area contributed by atoms with Crippen LogP contribution in [0.4, 0.5) is 0 Å². The number of allylic oxidation sites excluding steroid dienone is 4. The molecule has 4 aliphatic carbocycles. The number of fused-ring (bicyclic) bond motifs is 5. The van der Waals surface area contributed by atoms with E-state index in [-0.39, 0.29) is 0 Å². The molecular weight excluding hydrogens is 332 g/mol. The average Bonchev–Trinajstić information content (AvgIpc) is 2.90. The van der Waals surface area contributed by atoms with Gasteiger partial charge in [0.15, 0.2) is 8.32 Å². The molecule has 0 bridgehead atoms. The van der Waals surface area contributed by atoms with Crippen LogP contribution in [0.2, 0.25) is 19.6 Å². The molecule has 1 nitrogen and oxygen atoms in total. The molecule has 0 radical (unpaired) electrons. The highest BCUT2D eigenvalue weighted by Crippen LogP contribution is 2.66. The molecule has 2 saturated carbocycles. The van der Waals surface area contributed by atoms with Crippen molar-refractivity contribution < 1.29 is 4.43 Å². The lowest BCUT2D eigenvalue weighted by Crippen LogP contribution is -2.50. The van der Waals surface area contributed by atoms with E-state index in [2.05, 4.69) is 58.6 Å². The van der Waals surface area contributed by atoms with Gasteiger partial charge in [0.1, 0.15) is 0 Å². The van der Waals surface area contributed by atoms with Crippen LogP contribution in [0.1, 0.15) is 65.7 Å². The standard InChI is InChI=1S/C24H40OSi/c1-17(25-26(4,5)6)20-12-13-21-19-11-10-18-9-7-8-15-23(18,2)22(19)14-16-24(20,21)3/h7,9-10,17,19-22H,8,11-16H2,1-6H3/t17?,19-,20+,21-,22-,23-,24+/m0/s1. The van der Waals surface area contributed by atoms with Gasteiger partial charge in [-0.2, -0.15) is 0 Å². The van der Waals surface area contributed by atoms with Gasteiger partial charge in [0.25, 0.3) is 0 Å². The molecule has 2 fully saturated rings. The lowest BCUT2D eigenvalue weighted by atomic mass is 9.48. The summed E-state index contributed by atoms with van der Waals surface area (Å²) in [6, 6.07) is 0. The Hall–Kier alpha value is -0.343. The molecule has 0 aromatic heterocycles. The zero-order chi connectivity index (χ0) is 18.7. The van der Waals surface area contributed by atoms with Crippen molar-refractivity contribution in [2.24, 2.45) is 34.5 Å². The van der Waals surface area contributed by atoms with Crippen LogP contribution < -0.4 is 0 Å². The topological polar surface area (TPSA) is 9.23 Å². The Bertz CT molecular complexity index is 614. The Morgan fingerprint density at radius 3 is 2.58 bits per heavy atom. The molecule has 0 aromatic carbocycles. The van der Waals surface area contributed by atoms with Crippen LogP contribution in [0, 0.1) is 34.5 Å². The largest absolute Gasteiger partial charge is 0.415 e. The first-order valence-corrected chi connectivity index (χ1v) is 14.6. The second-order valence-electron chi connectivity index (χ2n) is 11.3. The summed E-state index contributed by atoms with van der Waals surface area (Å²) in [5, 5.41) is 0. The van der Waals surface area contributed by atoms with Crippen LogP contribution in [0.25, 0.3) is 0 Å². The fourth-order valence-corrected chi connectivity index (χ4v) is 9.03. The predicted octanol–water partition coefficient (Wildman–Crippen LogP) is 6.97. The van der Waals surface area contributed by atoms with E-state index < -0.39 is 8.32 Å². The van der Waals surface area contributed by atoms with Crippen LogP contribution in [-0.4, -0.2) is 14.4 Å². The van der Waals surface area contributed by atoms with Gasteiger partial charge in [-0.25, -0.2) is 0 Å². The second kappa shape index (κ2) is 6.34. The van der Waals surface area contributed by atoms with Crippen LogP contribution in [0.15, 0.2) is 23.8 Å². The van der Waals surface area contributed by atoms with E-state index in [1.165, 1.54) is 44.9 Å². The summed E-state index contributed by atoms with van der Waals surface area (Å²) in [7, 11) is -1.46. The first-order valence-electron chi connectivity index (χ1n) is 11.2. The zero-order valence-corrected chi connectivity index (χ0v) is 19.0. The summed E-state index contributed by atoms with van der Waals surface area (Å²) >= 11 is 0. The molecule has 0 saturated heterocycles. The minimum atomic E-state index is -1.46. The van der Waals surface area contributed by atoms with Gasteiger partial charge in [-0.05, 0) is 112 Å². The molecule has 0 aromatic rings. The molecule has 1 unspecified atom stereocenters. The maximum atomic E-state index is 6.60. The average molecular weight is 373 g/mol. The van der Waals surface area contributed by atoms with E-state index in [0.29, 0.717) is 16.9 Å². The maximum Gasteiger partial charge on any atom is 0.184 e. The van der Waals surface area contributed by atoms with Gasteiger partial charge in [-0.3, -0.25) is 0 Å². The highest BCUT2D eigenvalue weighted by molar-refractivity contribution is 6.69. The molecule has 0 heterocycles. The quantitative estimate of drug-likeness (QED) is 0.486. The lowest BCUT2D eigenvalue weighted by Gasteiger charge is -2.57. The molecule has 7 atom stereocenters. The zero-order valence-electron chi connectivity index (χ0n) is 18.0. The van der Waals surface area contributed by atoms with Crippen molar-refractivity contribution in [3.63, 3.8) is 0 Å². The van der Waals surface area contributed by atoms with Crippen molar-refractivity contribution in [3.05, 3.63) is 23.8 Å². The molecule has 146 valence electrons. The molecule has 0 amide bonds. The monoisotopic (exact) mass is 372 g/mol. The van der Waals surface area contributed by atoms with E-state index in [1.54, 1.807) is 5.57 Å². The molecule has 26 heavy (non-hydrogen) atoms. The van der Waals surface area contributed by atoms with Crippen LogP contribution in [0.5, 0.6) is 0 Å². The van der Waals surface area contributed by atoms with Gasteiger partial charge in [-0.15, -0.1) is 0 Å². The van der Waals surface area contributed by atoms with Crippen molar-refractivity contribution in [1.29, 1.82) is 0 Å². The first kappa shape index (κ1) is 19.0. The van der Waals surface area contributed by atoms with E-state index in [9.17, 15) is 0 Å². The summed E-state index contributed by atoms with van der Waals surface area (Å²) < 4.78 is 6.60. The Labute approximate surface area is 162 Å². The lowest BCUT2D eigenvalue weighted by molar-refractivity contribution is -0.0552. The van der Waals surface area contributed by atoms with E-state index in [1.807, 2.05) is 0 Å². The third kappa shape index (κ3) is 2.90. The summed E-state index contributed by atoms with van der Waals surface area (Å²) in [5.74, 6) is 3.51. The summed E-state index contributed by atoms with van der Waals surface area (Å²) in [5.41, 5.74) is 2.63. The third-order valence-electron chi connectivity index (χ3n) is 8.83. The van der Waals surface area contributed by atoms with Gasteiger partial charge in [-0.1, -0.05) is 32.1 Å². The van der Waals surface area contributed by atoms with Crippen molar-refractivity contribution in [1.82, 2.24) is 0 Å². The summed E-state index contributed by atoms with van der Waals surface area (Å²) in [4.78, 5) is 0. The Morgan fingerprint density at radius 2 is 1.85 bits per heavy atom. The second-order valence-corrected chi connectivity index (χ2v) is 15.8. The number of hydrogen-bond donors (Lipinski definition) is 0. The Balaban J connectivity index is 1.59. The van der Waals surface area contributed by atoms with Crippen LogP contribution in [0.3, 0.4) is 0 Å². The van der Waals surface area contributed by atoms with E-state index in [4.69, 9.17) is 4.43 Å². The summed E-state index contributed by atoms with van der Waals surface area (Å²) in [6.07, 6.45) is 17.6. The molecule has 0 aliphatic heterocycles. The maximum absolute atomic E-state index is 6.60. The molecule has 0 N–H and O–H groups in total. The summed E-state index contributed by atoms with van der Waals surface area (Å²) in [6.45, 7) is 14.7. The van der Waals surface area contributed by atoms with Gasteiger partial charge < -0.3 is 4.43 Å². The predicted molar refractivity (Wildman–Crippen MR) is 114 cm³/mol. The SMILES string of the molecule is CC(O[Si](C)(C)C)[C@H]1CC[C@H]2[C@@H]3CC=C4C=CCC[C@]4(C)[C@H]3CC[C@]12C. The fourth-order valence-electron chi connectivity index (χ4n) is 7.75. The third-order valence-corrected chi connectivity index (χ3v) is 9.91. The van der Waals surface area contributed by atoms with Gasteiger partial charge >= 0.3 is 0 Å². The normalized spacial score (nSPS) is 46.2. The molecule has 4 rings (SSSR count). The smallest absolute Gasteiger partial charge is 0.184 e. The van der Waals surface area contributed by atoms with E-state index >= 15 is 0 Å². The number of rotatable bonds is 3. The number of hydrogen-bond acceptors (Lipinski definition) is 1. The van der Waals surface area contributed by atoms with Gasteiger partial charge in [0.2, 0.25) is 0 Å². The molecule has 0 spiro atoms. The van der Waals surface area contributed by atoms with Crippen molar-refractivity contribution in [2.75, 3.05) is 0 Å². The molecular formula is C24H40OSi. The minimum absolute atomic E-state index is 0.441. The van der Waals surface area contributed by atoms with Gasteiger partial charge in [0, 0.05) is 6.10 Å².